The first kappa shape index (κ1) is 21.4. The largest absolute Gasteiger partial charge is 0.466 e. The molecule has 1 fully saturated rings. The van der Waals surface area contributed by atoms with Gasteiger partial charge in [-0.15, -0.1) is 0 Å². The van der Waals surface area contributed by atoms with Gasteiger partial charge in [0.1, 0.15) is 5.69 Å². The Morgan fingerprint density at radius 1 is 1.23 bits per heavy atom. The first-order valence-electron chi connectivity index (χ1n) is 9.88. The number of aromatic nitrogens is 2. The number of alkyl halides is 3. The van der Waals surface area contributed by atoms with Crippen molar-refractivity contribution in [1.29, 1.82) is 0 Å². The minimum atomic E-state index is -4.41. The second kappa shape index (κ2) is 8.33. The van der Waals surface area contributed by atoms with Crippen molar-refractivity contribution in [3.63, 3.8) is 0 Å². The highest BCUT2D eigenvalue weighted by molar-refractivity contribution is 7.20. The zero-order valence-electron chi connectivity index (χ0n) is 16.7. The second-order valence-electron chi connectivity index (χ2n) is 7.31. The van der Waals surface area contributed by atoms with Gasteiger partial charge in [-0.3, -0.25) is 14.0 Å². The molecule has 1 saturated heterocycles. The summed E-state index contributed by atoms with van der Waals surface area (Å²) in [5.41, 5.74) is 0.00814. The van der Waals surface area contributed by atoms with Crippen LogP contribution in [0.2, 0.25) is 0 Å². The summed E-state index contributed by atoms with van der Waals surface area (Å²) in [6, 6.07) is 5.12. The van der Waals surface area contributed by atoms with Crippen LogP contribution in [-0.4, -0.2) is 45.9 Å². The van der Waals surface area contributed by atoms with Gasteiger partial charge in [-0.25, -0.2) is 4.98 Å². The molecule has 0 bridgehead atoms. The lowest BCUT2D eigenvalue weighted by Crippen LogP contribution is -2.40. The number of amides is 1. The Balaban J connectivity index is 1.47. The Labute approximate surface area is 180 Å². The van der Waals surface area contributed by atoms with Crippen molar-refractivity contribution in [3.05, 3.63) is 47.9 Å². The van der Waals surface area contributed by atoms with Crippen LogP contribution in [0.1, 0.15) is 35.8 Å². The second-order valence-corrected chi connectivity index (χ2v) is 8.32. The first-order chi connectivity index (χ1) is 14.8. The smallest absolute Gasteiger partial charge is 0.416 e. The highest BCUT2D eigenvalue weighted by Crippen LogP contribution is 2.34. The van der Waals surface area contributed by atoms with Crippen LogP contribution in [0.4, 0.5) is 13.2 Å². The van der Waals surface area contributed by atoms with Gasteiger partial charge in [0.2, 0.25) is 0 Å². The molecule has 6 nitrogen and oxygen atoms in total. The molecule has 1 amide bonds. The van der Waals surface area contributed by atoms with E-state index in [-0.39, 0.29) is 23.5 Å². The average Bonchev–Trinajstić information content (AvgIpc) is 3.32. The molecule has 0 spiro atoms. The van der Waals surface area contributed by atoms with Gasteiger partial charge in [0.05, 0.1) is 23.0 Å². The topological polar surface area (TPSA) is 63.9 Å². The van der Waals surface area contributed by atoms with Gasteiger partial charge in [0.15, 0.2) is 4.96 Å². The average molecular weight is 451 g/mol. The minimum absolute atomic E-state index is 0.190. The number of fused-ring (bicyclic) bond motifs is 1. The number of likely N-dealkylation sites (tertiary alicyclic amines) is 1. The number of esters is 1. The van der Waals surface area contributed by atoms with E-state index >= 15 is 0 Å². The molecule has 3 heterocycles. The Kier molecular flexibility index (Phi) is 5.74. The fourth-order valence-electron chi connectivity index (χ4n) is 3.62. The van der Waals surface area contributed by atoms with E-state index in [1.54, 1.807) is 34.7 Å². The first-order valence-corrected chi connectivity index (χ1v) is 10.7. The van der Waals surface area contributed by atoms with E-state index in [2.05, 4.69) is 4.98 Å². The van der Waals surface area contributed by atoms with Crippen LogP contribution in [0.3, 0.4) is 0 Å². The van der Waals surface area contributed by atoms with Crippen molar-refractivity contribution in [3.8, 4) is 10.4 Å². The van der Waals surface area contributed by atoms with E-state index in [9.17, 15) is 22.8 Å². The summed E-state index contributed by atoms with van der Waals surface area (Å²) in [7, 11) is 0. The molecular weight excluding hydrogens is 431 g/mol. The molecule has 0 N–H and O–H groups in total. The molecule has 1 aromatic carbocycles. The lowest BCUT2D eigenvalue weighted by Gasteiger charge is -2.30. The normalized spacial score (nSPS) is 15.4. The van der Waals surface area contributed by atoms with Crippen molar-refractivity contribution < 1.29 is 27.5 Å². The number of carbonyl (C=O) groups is 2. The van der Waals surface area contributed by atoms with Crippen molar-refractivity contribution in [2.75, 3.05) is 19.7 Å². The highest BCUT2D eigenvalue weighted by atomic mass is 32.1. The number of imidazole rings is 1. The van der Waals surface area contributed by atoms with Gasteiger partial charge < -0.3 is 9.64 Å². The summed E-state index contributed by atoms with van der Waals surface area (Å²) in [5, 5.41) is 0. The lowest BCUT2D eigenvalue weighted by molar-refractivity contribution is -0.149. The number of piperidine rings is 1. The summed E-state index contributed by atoms with van der Waals surface area (Å²) >= 11 is 1.22. The third-order valence-electron chi connectivity index (χ3n) is 5.25. The Bertz CT molecular complexity index is 1080. The number of thiazole rings is 1. The van der Waals surface area contributed by atoms with Gasteiger partial charge in [-0.1, -0.05) is 23.5 Å². The molecule has 1 aliphatic rings. The fourth-order valence-corrected chi connectivity index (χ4v) is 4.58. The van der Waals surface area contributed by atoms with Crippen LogP contribution < -0.4 is 0 Å². The van der Waals surface area contributed by atoms with E-state index in [1.165, 1.54) is 17.4 Å². The van der Waals surface area contributed by atoms with Crippen molar-refractivity contribution in [1.82, 2.24) is 14.3 Å². The van der Waals surface area contributed by atoms with Crippen LogP contribution in [0.15, 0.2) is 36.7 Å². The standard InChI is InChI=1S/C21H20F3N3O3S/c1-2-30-19(29)13-6-8-26(9-7-13)18(28)16-11-27-12-17(31-20(27)25-16)14-4-3-5-15(10-14)21(22,23)24/h3-5,10-13H,2,6-9H2,1H3. The van der Waals surface area contributed by atoms with E-state index in [0.717, 1.165) is 12.1 Å². The zero-order valence-corrected chi connectivity index (χ0v) is 17.5. The molecule has 4 rings (SSSR count). The molecule has 0 aliphatic carbocycles. The number of ether oxygens (including phenoxy) is 1. The van der Waals surface area contributed by atoms with Gasteiger partial charge in [-0.05, 0) is 37.5 Å². The molecule has 164 valence electrons. The number of benzene rings is 1. The number of nitrogens with zero attached hydrogens (tertiary/aromatic N) is 3. The van der Waals surface area contributed by atoms with Gasteiger partial charge >= 0.3 is 12.1 Å². The van der Waals surface area contributed by atoms with E-state index in [4.69, 9.17) is 4.74 Å². The molecular formula is C21H20F3N3O3S. The van der Waals surface area contributed by atoms with Crippen LogP contribution in [0.5, 0.6) is 0 Å². The third-order valence-corrected chi connectivity index (χ3v) is 6.30. The summed E-state index contributed by atoms with van der Waals surface area (Å²) < 4.78 is 45.6. The molecule has 10 heteroatoms. The Morgan fingerprint density at radius 2 is 1.97 bits per heavy atom. The van der Waals surface area contributed by atoms with Crippen molar-refractivity contribution in [2.24, 2.45) is 5.92 Å². The Morgan fingerprint density at radius 3 is 2.61 bits per heavy atom. The Hall–Kier alpha value is -2.88. The molecule has 0 atom stereocenters. The summed E-state index contributed by atoms with van der Waals surface area (Å²) in [5.74, 6) is -0.637. The van der Waals surface area contributed by atoms with Gasteiger partial charge in [-0.2, -0.15) is 13.2 Å². The molecule has 1 aliphatic heterocycles. The summed E-state index contributed by atoms with van der Waals surface area (Å²) in [6.45, 7) is 3.00. The summed E-state index contributed by atoms with van der Waals surface area (Å²) in [4.78, 5) is 31.8. The molecule has 3 aromatic rings. The predicted octanol–water partition coefficient (Wildman–Crippen LogP) is 4.50. The van der Waals surface area contributed by atoms with Crippen molar-refractivity contribution >= 4 is 28.2 Å². The molecule has 0 radical (unpaired) electrons. The predicted molar refractivity (Wildman–Crippen MR) is 109 cm³/mol. The fraction of sp³-hybridized carbons (Fsp3) is 0.381. The number of carbonyl (C=O) groups excluding carboxylic acids is 2. The maximum absolute atomic E-state index is 13.0. The number of hydrogen-bond acceptors (Lipinski definition) is 5. The van der Waals surface area contributed by atoms with Crippen LogP contribution >= 0.6 is 11.3 Å². The number of rotatable bonds is 4. The quantitative estimate of drug-likeness (QED) is 0.548. The summed E-state index contributed by atoms with van der Waals surface area (Å²) in [6.07, 6.45) is -0.0539. The molecule has 2 aromatic heterocycles. The maximum atomic E-state index is 13.0. The maximum Gasteiger partial charge on any atom is 0.416 e. The molecule has 0 unspecified atom stereocenters. The van der Waals surface area contributed by atoms with E-state index in [1.807, 2.05) is 0 Å². The zero-order chi connectivity index (χ0) is 22.2. The lowest BCUT2D eigenvalue weighted by atomic mass is 9.97. The number of halogens is 3. The number of hydrogen-bond donors (Lipinski definition) is 0. The van der Waals surface area contributed by atoms with Crippen LogP contribution in [-0.2, 0) is 15.7 Å². The molecule has 0 saturated carbocycles. The minimum Gasteiger partial charge on any atom is -0.466 e. The van der Waals surface area contributed by atoms with Gasteiger partial charge in [0.25, 0.3) is 5.91 Å². The van der Waals surface area contributed by atoms with Gasteiger partial charge in [0, 0.05) is 25.5 Å². The van der Waals surface area contributed by atoms with Crippen LogP contribution in [0, 0.1) is 5.92 Å². The van der Waals surface area contributed by atoms with Crippen molar-refractivity contribution in [2.45, 2.75) is 25.9 Å². The highest BCUT2D eigenvalue weighted by Gasteiger charge is 2.31. The third kappa shape index (κ3) is 4.43. The van der Waals surface area contributed by atoms with Crippen LogP contribution in [0.25, 0.3) is 15.4 Å². The molecule has 31 heavy (non-hydrogen) atoms. The van der Waals surface area contributed by atoms with E-state index in [0.29, 0.717) is 47.9 Å². The SMILES string of the molecule is CCOC(=O)C1CCN(C(=O)c2cn3cc(-c4cccc(C(F)(F)F)c4)sc3n2)CC1. The van der Waals surface area contributed by atoms with E-state index < -0.39 is 11.7 Å². The monoisotopic (exact) mass is 451 g/mol.